The quantitative estimate of drug-likeness (QED) is 0.389. The molecule has 5 rings (SSSR count). The van der Waals surface area contributed by atoms with Gasteiger partial charge in [0, 0.05) is 23.5 Å². The molecule has 5 nitrogen and oxygen atoms in total. The van der Waals surface area contributed by atoms with Gasteiger partial charge in [0.1, 0.15) is 16.3 Å². The Morgan fingerprint density at radius 1 is 1.34 bits per heavy atom. The highest BCUT2D eigenvalue weighted by molar-refractivity contribution is 7.11. The molecule has 1 saturated heterocycles. The maximum Gasteiger partial charge on any atom is 0.243 e. The summed E-state index contributed by atoms with van der Waals surface area (Å²) in [5, 5.41) is 16.4. The van der Waals surface area contributed by atoms with Crippen LogP contribution in [0.3, 0.4) is 0 Å². The number of nitrogens with zero attached hydrogens (tertiary/aromatic N) is 2. The molecule has 1 aromatic heterocycles. The first kappa shape index (κ1) is 20.7. The van der Waals surface area contributed by atoms with Crippen LogP contribution in [-0.4, -0.2) is 34.0 Å². The number of benzene rings is 3. The van der Waals surface area contributed by atoms with E-state index >= 15 is 4.39 Å². The molecule has 2 atom stereocenters. The average molecular weight is 468 g/mol. The minimum absolute atomic E-state index is 0.0177. The highest BCUT2D eigenvalue weighted by Crippen LogP contribution is 2.45. The van der Waals surface area contributed by atoms with Crippen LogP contribution in [0, 0.1) is 5.82 Å². The van der Waals surface area contributed by atoms with Gasteiger partial charge in [0.25, 0.3) is 0 Å². The molecule has 2 heterocycles. The summed E-state index contributed by atoms with van der Waals surface area (Å²) in [6.45, 7) is 6.07. The van der Waals surface area contributed by atoms with E-state index in [0.717, 1.165) is 15.8 Å². The third-order valence-corrected chi connectivity index (χ3v) is 7.20. The first-order valence-electron chi connectivity index (χ1n) is 10.1. The predicted molar refractivity (Wildman–Crippen MR) is 128 cm³/mol. The lowest BCUT2D eigenvalue weighted by Crippen LogP contribution is -2.65. The Kier molecular flexibility index (Phi) is 5.03. The Morgan fingerprint density at radius 2 is 2.12 bits per heavy atom. The second-order valence-corrected chi connectivity index (χ2v) is 9.02. The Bertz CT molecular complexity index is 1400. The molecule has 0 bridgehead atoms. The molecule has 4 aromatic rings. The van der Waals surface area contributed by atoms with Crippen LogP contribution in [0.15, 0.2) is 55.1 Å². The van der Waals surface area contributed by atoms with Crippen LogP contribution in [0.1, 0.15) is 6.92 Å². The van der Waals surface area contributed by atoms with E-state index in [9.17, 15) is 9.90 Å². The van der Waals surface area contributed by atoms with Gasteiger partial charge in [0.05, 0.1) is 11.1 Å². The summed E-state index contributed by atoms with van der Waals surface area (Å²) in [7, 11) is 0. The topological polar surface area (TPSA) is 65.5 Å². The van der Waals surface area contributed by atoms with Crippen LogP contribution in [0.25, 0.3) is 32.8 Å². The third-order valence-electron chi connectivity index (χ3n) is 6.00. The Balaban J connectivity index is 1.59. The van der Waals surface area contributed by atoms with Crippen LogP contribution in [0.2, 0.25) is 5.02 Å². The van der Waals surface area contributed by atoms with Gasteiger partial charge in [0.2, 0.25) is 5.91 Å². The molecule has 2 N–H and O–H groups in total. The molecular weight excluding hydrogens is 449 g/mol. The van der Waals surface area contributed by atoms with Crippen molar-refractivity contribution in [3.63, 3.8) is 0 Å². The number of aromatic hydroxyl groups is 1. The molecular formula is C24H19ClFN3O2S. The highest BCUT2D eigenvalue weighted by Gasteiger charge is 2.38. The highest BCUT2D eigenvalue weighted by atomic mass is 35.5. The van der Waals surface area contributed by atoms with Crippen molar-refractivity contribution in [2.24, 2.45) is 0 Å². The largest absolute Gasteiger partial charge is 0.508 e. The standard InChI is InChI=1S/C24H19ClFN3O2S/c1-3-20(31)27-19-11-29(12(19)2)24-17-10-18(25)21(22(26)23(17)28-32-24)16-9-14(30)8-13-6-4-5-7-15(13)16/h3-10,12,19,30H,1,11H2,2H3,(H,27,31)/t12-,19+/m0/s1. The molecule has 162 valence electrons. The molecule has 8 heteroatoms. The zero-order chi connectivity index (χ0) is 22.6. The van der Waals surface area contributed by atoms with E-state index in [1.807, 2.05) is 31.2 Å². The molecule has 0 saturated carbocycles. The van der Waals surface area contributed by atoms with Crippen LogP contribution >= 0.6 is 23.1 Å². The number of aromatic nitrogens is 1. The molecule has 1 aliphatic heterocycles. The number of hydrogen-bond donors (Lipinski definition) is 2. The van der Waals surface area contributed by atoms with Crippen LogP contribution < -0.4 is 10.2 Å². The van der Waals surface area contributed by atoms with Gasteiger partial charge in [-0.2, -0.15) is 4.37 Å². The van der Waals surface area contributed by atoms with Gasteiger partial charge in [0.15, 0.2) is 5.82 Å². The summed E-state index contributed by atoms with van der Waals surface area (Å²) >= 11 is 7.82. The van der Waals surface area contributed by atoms with Gasteiger partial charge in [-0.1, -0.05) is 42.4 Å². The molecule has 0 aliphatic carbocycles. The Hall–Kier alpha value is -3.16. The number of nitrogens with one attached hydrogen (secondary N) is 1. The minimum Gasteiger partial charge on any atom is -0.508 e. The number of fused-ring (bicyclic) bond motifs is 2. The monoisotopic (exact) mass is 467 g/mol. The van der Waals surface area contributed by atoms with Crippen molar-refractivity contribution in [1.29, 1.82) is 0 Å². The molecule has 0 unspecified atom stereocenters. The number of rotatable bonds is 4. The van der Waals surface area contributed by atoms with Crippen molar-refractivity contribution in [3.8, 4) is 16.9 Å². The smallest absolute Gasteiger partial charge is 0.243 e. The average Bonchev–Trinajstić information content (AvgIpc) is 3.18. The first-order valence-corrected chi connectivity index (χ1v) is 11.2. The van der Waals surface area contributed by atoms with Crippen molar-refractivity contribution < 1.29 is 14.3 Å². The number of carbonyl (C=O) groups is 1. The second-order valence-electron chi connectivity index (χ2n) is 7.86. The summed E-state index contributed by atoms with van der Waals surface area (Å²) in [6, 6.07) is 12.4. The zero-order valence-corrected chi connectivity index (χ0v) is 18.7. The van der Waals surface area contributed by atoms with Crippen LogP contribution in [-0.2, 0) is 4.79 Å². The molecule has 3 aromatic carbocycles. The minimum atomic E-state index is -0.518. The number of phenols is 1. The van der Waals surface area contributed by atoms with Crippen molar-refractivity contribution in [3.05, 3.63) is 66.0 Å². The SMILES string of the molecule is C=CC(=O)N[C@@H]1CN(c2snc3c(F)c(-c4cc(O)cc5ccccc45)c(Cl)cc23)[C@H]1C. The van der Waals surface area contributed by atoms with Gasteiger partial charge in [-0.05, 0) is 59.1 Å². The fraction of sp³-hybridized carbons (Fsp3) is 0.167. The maximum absolute atomic E-state index is 15.8. The lowest BCUT2D eigenvalue weighted by atomic mass is 9.95. The van der Waals surface area contributed by atoms with E-state index in [1.54, 1.807) is 12.1 Å². The van der Waals surface area contributed by atoms with Crippen LogP contribution in [0.5, 0.6) is 5.75 Å². The van der Waals surface area contributed by atoms with Crippen molar-refractivity contribution in [2.75, 3.05) is 11.4 Å². The lowest BCUT2D eigenvalue weighted by Gasteiger charge is -2.47. The number of hydrogen-bond acceptors (Lipinski definition) is 5. The van der Waals surface area contributed by atoms with Crippen molar-refractivity contribution >= 4 is 55.7 Å². The lowest BCUT2D eigenvalue weighted by molar-refractivity contribution is -0.117. The van der Waals surface area contributed by atoms with E-state index in [2.05, 4.69) is 21.2 Å². The van der Waals surface area contributed by atoms with E-state index in [-0.39, 0.29) is 39.8 Å². The molecule has 1 amide bonds. The van der Waals surface area contributed by atoms with Gasteiger partial charge in [-0.15, -0.1) is 0 Å². The Labute approximate surface area is 192 Å². The van der Waals surface area contributed by atoms with E-state index in [4.69, 9.17) is 11.6 Å². The van der Waals surface area contributed by atoms with Gasteiger partial charge >= 0.3 is 0 Å². The third kappa shape index (κ3) is 3.20. The van der Waals surface area contributed by atoms with Crippen molar-refractivity contribution in [2.45, 2.75) is 19.0 Å². The normalized spacial score (nSPS) is 18.0. The number of anilines is 1. The van der Waals surface area contributed by atoms with Gasteiger partial charge in [-0.25, -0.2) is 4.39 Å². The first-order chi connectivity index (χ1) is 15.4. The molecule has 1 fully saturated rings. The number of amides is 1. The predicted octanol–water partition coefficient (Wildman–Crippen LogP) is 5.49. The van der Waals surface area contributed by atoms with Gasteiger partial charge < -0.3 is 15.3 Å². The summed E-state index contributed by atoms with van der Waals surface area (Å²) in [5.74, 6) is -0.696. The zero-order valence-electron chi connectivity index (χ0n) is 17.1. The number of halogens is 2. The molecule has 1 aliphatic rings. The van der Waals surface area contributed by atoms with E-state index < -0.39 is 5.82 Å². The van der Waals surface area contributed by atoms with Crippen LogP contribution in [0.4, 0.5) is 9.39 Å². The summed E-state index contributed by atoms with van der Waals surface area (Å²) < 4.78 is 20.1. The molecule has 0 spiro atoms. The molecule has 0 radical (unpaired) electrons. The summed E-state index contributed by atoms with van der Waals surface area (Å²) in [6.07, 6.45) is 1.25. The Morgan fingerprint density at radius 3 is 2.88 bits per heavy atom. The van der Waals surface area contributed by atoms with Crippen molar-refractivity contribution in [1.82, 2.24) is 9.69 Å². The maximum atomic E-state index is 15.8. The van der Waals surface area contributed by atoms with E-state index in [1.165, 1.54) is 23.7 Å². The summed E-state index contributed by atoms with van der Waals surface area (Å²) in [5.41, 5.74) is 0.975. The van der Waals surface area contributed by atoms with E-state index in [0.29, 0.717) is 17.5 Å². The van der Waals surface area contributed by atoms with Gasteiger partial charge in [-0.3, -0.25) is 4.79 Å². The molecule has 32 heavy (non-hydrogen) atoms. The fourth-order valence-corrected chi connectivity index (χ4v) is 5.49. The summed E-state index contributed by atoms with van der Waals surface area (Å²) in [4.78, 5) is 13.7. The fourth-order valence-electron chi connectivity index (χ4n) is 4.24. The second kappa shape index (κ2) is 7.76. The number of carbonyl (C=O) groups excluding carboxylic acids is 1. The number of phenolic OH excluding ortho intramolecular Hbond substituents is 1.